The summed E-state index contributed by atoms with van der Waals surface area (Å²) in [6.45, 7) is 4.63. The van der Waals surface area contributed by atoms with Crippen LogP contribution in [0, 0.1) is 0 Å². The Bertz CT molecular complexity index is 542. The van der Waals surface area contributed by atoms with Crippen molar-refractivity contribution in [2.75, 3.05) is 6.54 Å². The van der Waals surface area contributed by atoms with Crippen molar-refractivity contribution < 1.29 is 4.74 Å². The fraction of sp³-hybridized carbons (Fsp3) is 0.294. The molecule has 1 N–H and O–H groups in total. The average molecular weight is 334 g/mol. The Balaban J connectivity index is 1.98. The second-order valence-corrected chi connectivity index (χ2v) is 5.62. The van der Waals surface area contributed by atoms with Crippen molar-refractivity contribution in [1.29, 1.82) is 0 Å². The van der Waals surface area contributed by atoms with Crippen LogP contribution in [0.2, 0.25) is 0 Å². The summed E-state index contributed by atoms with van der Waals surface area (Å²) in [4.78, 5) is 0. The van der Waals surface area contributed by atoms with E-state index in [2.05, 4.69) is 52.4 Å². The van der Waals surface area contributed by atoms with Crippen LogP contribution in [0.1, 0.15) is 24.5 Å². The smallest absolute Gasteiger partial charge is 0.124 e. The van der Waals surface area contributed by atoms with E-state index in [-0.39, 0.29) is 0 Å². The van der Waals surface area contributed by atoms with E-state index in [0.29, 0.717) is 6.61 Å². The number of hydrogen-bond donors (Lipinski definition) is 1. The fourth-order valence-corrected chi connectivity index (χ4v) is 2.43. The highest BCUT2D eigenvalue weighted by atomic mass is 79.9. The third kappa shape index (κ3) is 4.66. The third-order valence-corrected chi connectivity index (χ3v) is 3.49. The van der Waals surface area contributed by atoms with Crippen LogP contribution >= 0.6 is 15.9 Å². The van der Waals surface area contributed by atoms with Crippen molar-refractivity contribution in [3.8, 4) is 5.75 Å². The molecule has 2 aromatic carbocycles. The Kier molecular flexibility index (Phi) is 6.09. The predicted molar refractivity (Wildman–Crippen MR) is 86.9 cm³/mol. The number of hydrogen-bond acceptors (Lipinski definition) is 2. The molecule has 0 amide bonds. The molecule has 0 radical (unpaired) electrons. The highest BCUT2D eigenvalue weighted by molar-refractivity contribution is 9.10. The normalized spacial score (nSPS) is 10.5. The summed E-state index contributed by atoms with van der Waals surface area (Å²) in [5.41, 5.74) is 2.37. The summed E-state index contributed by atoms with van der Waals surface area (Å²) in [5, 5.41) is 3.41. The van der Waals surface area contributed by atoms with Crippen LogP contribution in [0.5, 0.6) is 5.75 Å². The first-order valence-corrected chi connectivity index (χ1v) is 7.74. The molecular formula is C17H20BrNO. The summed E-state index contributed by atoms with van der Waals surface area (Å²) < 4.78 is 7.03. The number of halogens is 1. The molecule has 0 atom stereocenters. The van der Waals surface area contributed by atoms with Crippen molar-refractivity contribution >= 4 is 15.9 Å². The van der Waals surface area contributed by atoms with Gasteiger partial charge in [-0.25, -0.2) is 0 Å². The molecule has 0 saturated carbocycles. The quantitative estimate of drug-likeness (QED) is 0.751. The fourth-order valence-electron chi connectivity index (χ4n) is 1.98. The molecule has 2 aromatic rings. The Morgan fingerprint density at radius 3 is 2.75 bits per heavy atom. The van der Waals surface area contributed by atoms with Crippen LogP contribution in [-0.4, -0.2) is 6.54 Å². The zero-order chi connectivity index (χ0) is 14.2. The molecule has 0 unspecified atom stereocenters. The molecule has 0 heterocycles. The lowest BCUT2D eigenvalue weighted by molar-refractivity contribution is 0.302. The van der Waals surface area contributed by atoms with E-state index in [1.165, 1.54) is 5.56 Å². The number of ether oxygens (including phenoxy) is 1. The van der Waals surface area contributed by atoms with E-state index in [1.807, 2.05) is 24.3 Å². The molecule has 106 valence electrons. The van der Waals surface area contributed by atoms with Crippen molar-refractivity contribution in [2.24, 2.45) is 0 Å². The maximum absolute atomic E-state index is 5.95. The molecule has 0 spiro atoms. The molecule has 0 fully saturated rings. The summed E-state index contributed by atoms with van der Waals surface area (Å²) in [6.07, 6.45) is 1.14. The second kappa shape index (κ2) is 8.08. The van der Waals surface area contributed by atoms with Crippen LogP contribution in [0.3, 0.4) is 0 Å². The minimum absolute atomic E-state index is 0.588. The minimum atomic E-state index is 0.588. The lowest BCUT2D eigenvalue weighted by Gasteiger charge is -2.12. The summed E-state index contributed by atoms with van der Waals surface area (Å²) in [5.74, 6) is 0.955. The maximum Gasteiger partial charge on any atom is 0.124 e. The van der Waals surface area contributed by atoms with Gasteiger partial charge in [0.1, 0.15) is 12.4 Å². The lowest BCUT2D eigenvalue weighted by atomic mass is 10.2. The first-order chi connectivity index (χ1) is 9.79. The van der Waals surface area contributed by atoms with E-state index in [9.17, 15) is 0 Å². The molecule has 0 aromatic heterocycles. The van der Waals surface area contributed by atoms with E-state index in [0.717, 1.165) is 35.3 Å². The van der Waals surface area contributed by atoms with Crippen molar-refractivity contribution in [2.45, 2.75) is 26.5 Å². The van der Waals surface area contributed by atoms with Gasteiger partial charge in [-0.05, 0) is 36.7 Å². The van der Waals surface area contributed by atoms with Crippen molar-refractivity contribution in [3.05, 3.63) is 64.1 Å². The van der Waals surface area contributed by atoms with Crippen molar-refractivity contribution in [3.63, 3.8) is 0 Å². The SMILES string of the molecule is CCCNCc1ccccc1OCc1cccc(Br)c1. The predicted octanol–water partition coefficient (Wildman–Crippen LogP) is 4.53. The van der Waals surface area contributed by atoms with Gasteiger partial charge in [-0.3, -0.25) is 0 Å². The third-order valence-electron chi connectivity index (χ3n) is 3.00. The summed E-state index contributed by atoms with van der Waals surface area (Å²) in [7, 11) is 0. The largest absolute Gasteiger partial charge is 0.489 e. The highest BCUT2D eigenvalue weighted by Crippen LogP contribution is 2.20. The van der Waals surface area contributed by atoms with E-state index in [1.54, 1.807) is 0 Å². The standard InChI is InChI=1S/C17H20BrNO/c1-2-10-19-12-15-7-3-4-9-17(15)20-13-14-6-5-8-16(18)11-14/h3-9,11,19H,2,10,12-13H2,1H3. The highest BCUT2D eigenvalue weighted by Gasteiger charge is 2.03. The van der Waals surface area contributed by atoms with Gasteiger partial charge in [-0.1, -0.05) is 53.2 Å². The van der Waals surface area contributed by atoms with E-state index < -0.39 is 0 Å². The van der Waals surface area contributed by atoms with Crippen LogP contribution in [0.4, 0.5) is 0 Å². The van der Waals surface area contributed by atoms with Gasteiger partial charge in [0.2, 0.25) is 0 Å². The Labute approximate surface area is 129 Å². The number of para-hydroxylation sites is 1. The molecule has 0 saturated heterocycles. The number of nitrogens with one attached hydrogen (secondary N) is 1. The second-order valence-electron chi connectivity index (χ2n) is 4.70. The molecule has 0 aliphatic rings. The molecule has 0 bridgehead atoms. The van der Waals surface area contributed by atoms with Crippen molar-refractivity contribution in [1.82, 2.24) is 5.32 Å². The lowest BCUT2D eigenvalue weighted by Crippen LogP contribution is -2.14. The zero-order valence-electron chi connectivity index (χ0n) is 11.7. The van der Waals surface area contributed by atoms with Gasteiger partial charge in [-0.2, -0.15) is 0 Å². The van der Waals surface area contributed by atoms with Gasteiger partial charge < -0.3 is 10.1 Å². The monoisotopic (exact) mass is 333 g/mol. The van der Waals surface area contributed by atoms with Crippen LogP contribution < -0.4 is 10.1 Å². The first kappa shape index (κ1) is 15.1. The van der Waals surface area contributed by atoms with Gasteiger partial charge in [0.15, 0.2) is 0 Å². The molecule has 20 heavy (non-hydrogen) atoms. The van der Waals surface area contributed by atoms with Gasteiger partial charge in [0.25, 0.3) is 0 Å². The minimum Gasteiger partial charge on any atom is -0.489 e. The Morgan fingerprint density at radius 2 is 1.95 bits per heavy atom. The van der Waals surface area contributed by atoms with E-state index >= 15 is 0 Å². The number of benzene rings is 2. The number of rotatable bonds is 7. The summed E-state index contributed by atoms with van der Waals surface area (Å²) >= 11 is 3.48. The Morgan fingerprint density at radius 1 is 1.10 bits per heavy atom. The molecule has 2 nitrogen and oxygen atoms in total. The zero-order valence-corrected chi connectivity index (χ0v) is 13.3. The molecular weight excluding hydrogens is 314 g/mol. The Hall–Kier alpha value is -1.32. The van der Waals surface area contributed by atoms with E-state index in [4.69, 9.17) is 4.74 Å². The van der Waals surface area contributed by atoms with Gasteiger partial charge >= 0.3 is 0 Å². The first-order valence-electron chi connectivity index (χ1n) is 6.95. The van der Waals surface area contributed by atoms with Crippen LogP contribution in [-0.2, 0) is 13.2 Å². The maximum atomic E-state index is 5.95. The summed E-state index contributed by atoms with van der Waals surface area (Å²) in [6, 6.07) is 16.4. The topological polar surface area (TPSA) is 21.3 Å². The average Bonchev–Trinajstić information content (AvgIpc) is 2.47. The van der Waals surface area contributed by atoms with Gasteiger partial charge in [0, 0.05) is 16.6 Å². The molecule has 0 aliphatic carbocycles. The molecule has 3 heteroatoms. The molecule has 0 aliphatic heterocycles. The van der Waals surface area contributed by atoms with Gasteiger partial charge in [-0.15, -0.1) is 0 Å². The van der Waals surface area contributed by atoms with Crippen LogP contribution in [0.15, 0.2) is 53.0 Å². The van der Waals surface area contributed by atoms with Gasteiger partial charge in [0.05, 0.1) is 0 Å². The molecule has 2 rings (SSSR count). The van der Waals surface area contributed by atoms with Crippen LogP contribution in [0.25, 0.3) is 0 Å².